The van der Waals surface area contributed by atoms with Crippen molar-refractivity contribution >= 4 is 27.9 Å². The molecule has 0 aliphatic heterocycles. The molecule has 0 bridgehead atoms. The highest BCUT2D eigenvalue weighted by molar-refractivity contribution is 6.13. The first-order valence-corrected chi connectivity index (χ1v) is 6.44. The van der Waals surface area contributed by atoms with Gasteiger partial charge in [0.1, 0.15) is 11.3 Å². The maximum atomic E-state index is 11.0. The first kappa shape index (κ1) is 12.5. The van der Waals surface area contributed by atoms with Crippen molar-refractivity contribution in [1.29, 1.82) is 0 Å². The van der Waals surface area contributed by atoms with E-state index in [1.807, 2.05) is 0 Å². The molecule has 7 nitrogen and oxygen atoms in total. The molecule has 4 aromatic rings. The van der Waals surface area contributed by atoms with E-state index in [4.69, 9.17) is 18.7 Å². The van der Waals surface area contributed by atoms with E-state index in [1.165, 1.54) is 6.07 Å². The summed E-state index contributed by atoms with van der Waals surface area (Å²) in [6.07, 6.45) is 3.08. The van der Waals surface area contributed by atoms with Crippen LogP contribution >= 0.6 is 0 Å². The molecule has 2 N–H and O–H groups in total. The van der Waals surface area contributed by atoms with Crippen molar-refractivity contribution < 1.29 is 23.5 Å². The largest absolute Gasteiger partial charge is 0.492 e. The number of fused-ring (bicyclic) bond motifs is 2. The van der Waals surface area contributed by atoms with Crippen molar-refractivity contribution in [3.63, 3.8) is 0 Å². The second-order valence-electron chi connectivity index (χ2n) is 4.71. The summed E-state index contributed by atoms with van der Waals surface area (Å²) in [5.41, 5.74) is 2.25. The Balaban J connectivity index is 2.12. The minimum absolute atomic E-state index is 0.00201. The van der Waals surface area contributed by atoms with Gasteiger partial charge in [-0.1, -0.05) is 0 Å². The second kappa shape index (κ2) is 4.39. The fourth-order valence-electron chi connectivity index (χ4n) is 2.62. The van der Waals surface area contributed by atoms with Crippen molar-refractivity contribution in [1.82, 2.24) is 10.2 Å². The van der Waals surface area contributed by atoms with Gasteiger partial charge < -0.3 is 18.7 Å². The third-order valence-corrected chi connectivity index (χ3v) is 3.55. The summed E-state index contributed by atoms with van der Waals surface area (Å²) in [5.74, 6) is -0.507. The van der Waals surface area contributed by atoms with E-state index in [9.17, 15) is 4.79 Å². The molecule has 0 atom stereocenters. The Bertz CT molecular complexity index is 956. The Labute approximate surface area is 123 Å². The second-order valence-corrected chi connectivity index (χ2v) is 4.71. The lowest BCUT2D eigenvalue weighted by molar-refractivity contribution is 0.0690. The number of methoxy groups -OCH3 is 1. The van der Waals surface area contributed by atoms with Crippen LogP contribution in [0, 0.1) is 0 Å². The van der Waals surface area contributed by atoms with Crippen molar-refractivity contribution in [2.24, 2.45) is 0 Å². The molecule has 110 valence electrons. The fourth-order valence-corrected chi connectivity index (χ4v) is 2.62. The van der Waals surface area contributed by atoms with Crippen LogP contribution in [-0.4, -0.2) is 28.4 Å². The van der Waals surface area contributed by atoms with Gasteiger partial charge in [0.25, 0.3) is 0 Å². The highest BCUT2D eigenvalue weighted by Crippen LogP contribution is 2.43. The van der Waals surface area contributed by atoms with Gasteiger partial charge in [0, 0.05) is 5.39 Å². The van der Waals surface area contributed by atoms with Crippen molar-refractivity contribution in [2.45, 2.75) is 0 Å². The van der Waals surface area contributed by atoms with Gasteiger partial charge in [-0.25, -0.2) is 4.79 Å². The molecule has 1 aromatic carbocycles. The number of aromatic amines is 1. The first-order valence-electron chi connectivity index (χ1n) is 6.44. The number of carboxylic acids is 1. The molecule has 0 amide bonds. The van der Waals surface area contributed by atoms with E-state index in [0.29, 0.717) is 28.2 Å². The third kappa shape index (κ3) is 1.56. The number of rotatable bonds is 3. The number of carboxylic acid groups (broad SMARTS) is 1. The van der Waals surface area contributed by atoms with Crippen LogP contribution in [0.15, 0.2) is 39.6 Å². The number of hydrogen-bond acceptors (Lipinski definition) is 5. The number of aromatic carboxylic acids is 1. The Hall–Kier alpha value is -3.22. The van der Waals surface area contributed by atoms with E-state index < -0.39 is 5.97 Å². The van der Waals surface area contributed by atoms with Crippen LogP contribution in [0.4, 0.5) is 0 Å². The molecule has 0 saturated heterocycles. The van der Waals surface area contributed by atoms with Gasteiger partial charge in [-0.2, -0.15) is 5.10 Å². The van der Waals surface area contributed by atoms with Crippen LogP contribution in [0.5, 0.6) is 5.75 Å². The summed E-state index contributed by atoms with van der Waals surface area (Å²) in [6, 6.07) is 4.99. The molecular weight excluding hydrogens is 288 g/mol. The molecule has 0 aliphatic rings. The minimum Gasteiger partial charge on any atom is -0.492 e. The predicted molar refractivity (Wildman–Crippen MR) is 77.1 cm³/mol. The molecule has 0 radical (unpaired) electrons. The maximum Gasteiger partial charge on any atom is 0.353 e. The van der Waals surface area contributed by atoms with Crippen LogP contribution in [0.1, 0.15) is 10.5 Å². The molecule has 0 aliphatic carbocycles. The van der Waals surface area contributed by atoms with Gasteiger partial charge in [0.05, 0.1) is 36.3 Å². The lowest BCUT2D eigenvalue weighted by atomic mass is 10.0. The van der Waals surface area contributed by atoms with E-state index in [2.05, 4.69) is 10.2 Å². The number of nitrogens with zero attached hydrogens (tertiary/aromatic N) is 1. The van der Waals surface area contributed by atoms with E-state index in [0.717, 1.165) is 10.8 Å². The average Bonchev–Trinajstić information content (AvgIpc) is 3.23. The SMILES string of the molecule is COc1c2ccoc2c(-c2cc(C(=O)O)[nH]n2)c2ccoc12. The molecule has 0 fully saturated rings. The highest BCUT2D eigenvalue weighted by atomic mass is 16.5. The molecule has 3 heterocycles. The van der Waals surface area contributed by atoms with Gasteiger partial charge >= 0.3 is 5.97 Å². The van der Waals surface area contributed by atoms with E-state index >= 15 is 0 Å². The maximum absolute atomic E-state index is 11.0. The summed E-state index contributed by atoms with van der Waals surface area (Å²) >= 11 is 0. The van der Waals surface area contributed by atoms with Crippen LogP contribution in [0.2, 0.25) is 0 Å². The first-order chi connectivity index (χ1) is 10.7. The van der Waals surface area contributed by atoms with Crippen LogP contribution < -0.4 is 4.74 Å². The topological polar surface area (TPSA) is 101 Å². The number of furan rings is 2. The Morgan fingerprint density at radius 1 is 1.23 bits per heavy atom. The quantitative estimate of drug-likeness (QED) is 0.602. The summed E-state index contributed by atoms with van der Waals surface area (Å²) in [5, 5.41) is 17.1. The fraction of sp³-hybridized carbons (Fsp3) is 0.0667. The molecular formula is C15H10N2O5. The Morgan fingerprint density at radius 2 is 1.95 bits per heavy atom. The molecule has 7 heteroatoms. The standard InChI is InChI=1S/C15H10N2O5/c1-20-13-8-3-5-21-12(8)11(7-2-4-22-14(7)13)9-6-10(15(18)19)17-16-9/h2-6H,1H3,(H,16,17)(H,18,19). The van der Waals surface area contributed by atoms with E-state index in [-0.39, 0.29) is 5.69 Å². The zero-order chi connectivity index (χ0) is 15.3. The average molecular weight is 298 g/mol. The Kier molecular flexibility index (Phi) is 2.50. The number of nitrogens with one attached hydrogen (secondary N) is 1. The van der Waals surface area contributed by atoms with Crippen LogP contribution in [-0.2, 0) is 0 Å². The third-order valence-electron chi connectivity index (χ3n) is 3.55. The number of hydrogen-bond donors (Lipinski definition) is 2. The molecule has 22 heavy (non-hydrogen) atoms. The van der Waals surface area contributed by atoms with Gasteiger partial charge in [0.2, 0.25) is 0 Å². The summed E-state index contributed by atoms with van der Waals surface area (Å²) < 4.78 is 16.5. The summed E-state index contributed by atoms with van der Waals surface area (Å²) in [7, 11) is 1.56. The van der Waals surface area contributed by atoms with Gasteiger partial charge in [-0.05, 0) is 18.2 Å². The van der Waals surface area contributed by atoms with Crippen molar-refractivity contribution in [2.75, 3.05) is 7.11 Å². The number of ether oxygens (including phenoxy) is 1. The van der Waals surface area contributed by atoms with Gasteiger partial charge in [-0.15, -0.1) is 0 Å². The lowest BCUT2D eigenvalue weighted by Crippen LogP contribution is -1.95. The predicted octanol–water partition coefficient (Wildman–Crippen LogP) is 3.28. The van der Waals surface area contributed by atoms with Crippen molar-refractivity contribution in [3.8, 4) is 17.0 Å². The number of H-pyrrole nitrogens is 1. The van der Waals surface area contributed by atoms with Crippen LogP contribution in [0.25, 0.3) is 33.2 Å². The number of benzene rings is 1. The molecule has 3 aromatic heterocycles. The minimum atomic E-state index is -1.08. The number of aromatic nitrogens is 2. The lowest BCUT2D eigenvalue weighted by Gasteiger charge is -2.06. The van der Waals surface area contributed by atoms with Gasteiger partial charge in [0.15, 0.2) is 11.3 Å². The summed E-state index contributed by atoms with van der Waals surface area (Å²) in [4.78, 5) is 11.0. The van der Waals surface area contributed by atoms with E-state index in [1.54, 1.807) is 31.8 Å². The zero-order valence-electron chi connectivity index (χ0n) is 11.4. The normalized spacial score (nSPS) is 11.3. The highest BCUT2D eigenvalue weighted by Gasteiger charge is 2.22. The van der Waals surface area contributed by atoms with Crippen molar-refractivity contribution in [3.05, 3.63) is 36.4 Å². The molecule has 4 rings (SSSR count). The zero-order valence-corrected chi connectivity index (χ0v) is 11.4. The molecule has 0 unspecified atom stereocenters. The van der Waals surface area contributed by atoms with Crippen LogP contribution in [0.3, 0.4) is 0 Å². The molecule has 0 spiro atoms. The molecule has 0 saturated carbocycles. The monoisotopic (exact) mass is 298 g/mol. The Morgan fingerprint density at radius 3 is 2.64 bits per heavy atom. The smallest absolute Gasteiger partial charge is 0.353 e. The summed E-state index contributed by atoms with van der Waals surface area (Å²) in [6.45, 7) is 0. The number of carbonyl (C=O) groups is 1. The van der Waals surface area contributed by atoms with Gasteiger partial charge in [-0.3, -0.25) is 5.10 Å².